The lowest BCUT2D eigenvalue weighted by Gasteiger charge is -2.43. The molecule has 426 valence electrons. The first-order valence-corrected chi connectivity index (χ1v) is 29.6. The Balaban J connectivity index is 0.720. The van der Waals surface area contributed by atoms with E-state index in [9.17, 15) is 19.2 Å². The summed E-state index contributed by atoms with van der Waals surface area (Å²) < 4.78 is 16.5. The van der Waals surface area contributed by atoms with Gasteiger partial charge in [-0.05, 0) is 131 Å². The van der Waals surface area contributed by atoms with Crippen molar-refractivity contribution in [2.75, 3.05) is 0 Å². The third-order valence-electron chi connectivity index (χ3n) is 17.7. The van der Waals surface area contributed by atoms with Crippen LogP contribution in [0.2, 0.25) is 0 Å². The largest absolute Gasteiger partial charge is 0.489 e. The van der Waals surface area contributed by atoms with Gasteiger partial charge in [0, 0.05) is 117 Å². The molecule has 4 heterocycles. The van der Waals surface area contributed by atoms with Gasteiger partial charge < -0.3 is 20.1 Å². The van der Waals surface area contributed by atoms with E-state index >= 15 is 0 Å². The number of hydrogen-bond acceptors (Lipinski definition) is 10. The maximum atomic E-state index is 14.3. The number of dihydropyridines is 2. The van der Waals surface area contributed by atoms with Crippen molar-refractivity contribution < 1.29 is 28.7 Å². The van der Waals surface area contributed by atoms with Crippen LogP contribution in [0.4, 0.5) is 0 Å². The summed E-state index contributed by atoms with van der Waals surface area (Å²) in [6.45, 7) is 17.8. The van der Waals surface area contributed by atoms with Gasteiger partial charge in [0.25, 0.3) is 0 Å². The summed E-state index contributed by atoms with van der Waals surface area (Å²) in [6, 6.07) is 44.0. The zero-order chi connectivity index (χ0) is 58.5. The van der Waals surface area contributed by atoms with Gasteiger partial charge in [-0.15, -0.1) is 0 Å². The zero-order valence-electron chi connectivity index (χ0n) is 49.3. The predicted molar refractivity (Wildman–Crippen MR) is 325 cm³/mol. The molecule has 0 fully saturated rings. The topological polar surface area (TPSA) is 146 Å². The molecule has 4 aliphatic carbocycles. The summed E-state index contributed by atoms with van der Waals surface area (Å²) in [5, 5.41) is 17.7. The molecule has 2 N–H and O–H groups in total. The lowest BCUT2D eigenvalue weighted by atomic mass is 9.64. The van der Waals surface area contributed by atoms with Crippen LogP contribution in [0.5, 0.6) is 11.5 Å². The first-order chi connectivity index (χ1) is 40.1. The second-order valence-corrected chi connectivity index (χ2v) is 27.3. The van der Waals surface area contributed by atoms with Crippen molar-refractivity contribution in [2.45, 2.75) is 132 Å². The minimum absolute atomic E-state index is 0.0742. The van der Waals surface area contributed by atoms with Crippen LogP contribution < -0.4 is 20.1 Å². The van der Waals surface area contributed by atoms with Gasteiger partial charge in [0.15, 0.2) is 23.1 Å². The van der Waals surface area contributed by atoms with Crippen LogP contribution in [-0.4, -0.2) is 42.7 Å². The SMILES string of the molecule is CC1(C)CC(=O)C2=C(C1)NC1=C(C(=O)CC(C)(C)C1)C2c1cn(-c2ccccc2)nc1-c1ccc(OCc2ccc(COc3ccc(-c4nn(-c5ccccc5)cc4C4C5=C(CC(C)(C)CC5=O)NC5=C4C(=O)CC(C)(C)C5)cc3)cc2)cc1. The highest BCUT2D eigenvalue weighted by Crippen LogP contribution is 2.55. The molecule has 2 aliphatic heterocycles. The standard InChI is InChI=1S/C72H72N6O6/c1-69(2)31-53-63(57(79)35-69)61(64-54(73-53)32-70(3,4)36-58(64)80)51-39-77(47-15-11-9-12-16-47)75-67(51)45-23-27-49(28-24-45)83-41-43-19-21-44(22-20-43)42-84-50-29-25-46(26-30-50)68-52(40-78(76-68)48-17-13-10-14-18-48)62-65-55(33-71(5,6)37-59(65)81)74-56-34-72(7,8)38-60(82)66(56)62/h9-30,39-40,61-62,73-74H,31-38,41-42H2,1-8H3. The Morgan fingerprint density at radius 1 is 0.405 bits per heavy atom. The molecule has 2 aromatic heterocycles. The van der Waals surface area contributed by atoms with Crippen LogP contribution in [0.25, 0.3) is 33.9 Å². The number of hydrogen-bond donors (Lipinski definition) is 2. The van der Waals surface area contributed by atoms with Gasteiger partial charge >= 0.3 is 0 Å². The second kappa shape index (κ2) is 20.6. The summed E-state index contributed by atoms with van der Waals surface area (Å²) in [6.07, 6.45) is 8.55. The van der Waals surface area contributed by atoms with Crippen molar-refractivity contribution in [2.24, 2.45) is 21.7 Å². The van der Waals surface area contributed by atoms with Crippen LogP contribution in [-0.2, 0) is 32.4 Å². The Hall–Kier alpha value is -8.64. The van der Waals surface area contributed by atoms with Gasteiger partial charge in [0.05, 0.1) is 22.8 Å². The van der Waals surface area contributed by atoms with Gasteiger partial charge in [-0.1, -0.05) is 116 Å². The van der Waals surface area contributed by atoms with E-state index in [2.05, 4.69) is 66.0 Å². The van der Waals surface area contributed by atoms with Gasteiger partial charge in [-0.3, -0.25) is 19.2 Å². The van der Waals surface area contributed by atoms with Crippen LogP contribution in [0.1, 0.15) is 141 Å². The van der Waals surface area contributed by atoms with Gasteiger partial charge in [0.2, 0.25) is 0 Å². The number of aromatic nitrogens is 4. The van der Waals surface area contributed by atoms with E-state index in [0.29, 0.717) is 72.7 Å². The summed E-state index contributed by atoms with van der Waals surface area (Å²) in [4.78, 5) is 57.3. The fourth-order valence-electron chi connectivity index (χ4n) is 14.0. The van der Waals surface area contributed by atoms with Crippen LogP contribution >= 0.6 is 0 Å². The quantitative estimate of drug-likeness (QED) is 0.121. The number of para-hydroxylation sites is 2. The molecule has 0 atom stereocenters. The lowest BCUT2D eigenvalue weighted by Crippen LogP contribution is -2.42. The Kier molecular flexibility index (Phi) is 13.4. The third kappa shape index (κ3) is 10.5. The number of carbonyl (C=O) groups excluding carboxylic acids is 4. The van der Waals surface area contributed by atoms with E-state index in [1.165, 1.54) is 0 Å². The zero-order valence-corrected chi connectivity index (χ0v) is 49.3. The number of allylic oxidation sites excluding steroid dienone is 8. The second-order valence-electron chi connectivity index (χ2n) is 27.3. The van der Waals surface area contributed by atoms with Gasteiger partial charge in [0.1, 0.15) is 24.7 Å². The van der Waals surface area contributed by atoms with E-state index in [4.69, 9.17) is 19.7 Å². The van der Waals surface area contributed by atoms with Gasteiger partial charge in [-0.2, -0.15) is 10.2 Å². The molecule has 0 saturated heterocycles. The van der Waals surface area contributed by atoms with E-state index < -0.39 is 11.8 Å². The Morgan fingerprint density at radius 3 is 1.00 bits per heavy atom. The summed E-state index contributed by atoms with van der Waals surface area (Å²) in [5.74, 6) is 0.602. The molecule has 13 rings (SSSR count). The van der Waals surface area contributed by atoms with Crippen molar-refractivity contribution in [1.29, 1.82) is 0 Å². The van der Waals surface area contributed by atoms with E-state index in [1.54, 1.807) is 0 Å². The molecule has 0 unspecified atom stereocenters. The predicted octanol–water partition coefficient (Wildman–Crippen LogP) is 14.5. The Labute approximate surface area is 491 Å². The smallest absolute Gasteiger partial charge is 0.162 e. The Morgan fingerprint density at radius 2 is 0.702 bits per heavy atom. The summed E-state index contributed by atoms with van der Waals surface area (Å²) in [5.41, 5.74) is 14.2. The number of ketones is 4. The van der Waals surface area contributed by atoms with Crippen LogP contribution in [0, 0.1) is 21.7 Å². The highest BCUT2D eigenvalue weighted by Gasteiger charge is 2.50. The Bertz CT molecular complexity index is 3600. The monoisotopic (exact) mass is 1120 g/mol. The highest BCUT2D eigenvalue weighted by molar-refractivity contribution is 6.08. The minimum atomic E-state index is -0.543. The molecule has 6 aliphatic rings. The van der Waals surface area contributed by atoms with Crippen molar-refractivity contribution in [3.05, 3.63) is 213 Å². The molecule has 12 nitrogen and oxygen atoms in total. The average Bonchev–Trinajstić information content (AvgIpc) is 1.28. The van der Waals surface area contributed by atoms with Gasteiger partial charge in [-0.25, -0.2) is 9.36 Å². The summed E-state index contributed by atoms with van der Waals surface area (Å²) >= 11 is 0. The van der Waals surface area contributed by atoms with E-state index in [0.717, 1.165) is 105 Å². The summed E-state index contributed by atoms with van der Waals surface area (Å²) in [7, 11) is 0. The third-order valence-corrected chi connectivity index (χ3v) is 17.7. The normalized spacial score (nSPS) is 20.0. The van der Waals surface area contributed by atoms with Crippen molar-refractivity contribution in [3.63, 3.8) is 0 Å². The minimum Gasteiger partial charge on any atom is -0.489 e. The maximum absolute atomic E-state index is 14.3. The average molecular weight is 1120 g/mol. The molecule has 0 radical (unpaired) electrons. The van der Waals surface area contributed by atoms with Crippen molar-refractivity contribution in [3.8, 4) is 45.4 Å². The van der Waals surface area contributed by atoms with E-state index in [-0.39, 0.29) is 44.8 Å². The lowest BCUT2D eigenvalue weighted by molar-refractivity contribution is -0.120. The first-order valence-electron chi connectivity index (χ1n) is 29.6. The molecular weight excluding hydrogens is 1040 g/mol. The molecule has 7 aromatic rings. The fraction of sp³-hybridized carbons (Fsp3) is 0.333. The van der Waals surface area contributed by atoms with Crippen LogP contribution in [0.15, 0.2) is 191 Å². The fourth-order valence-corrected chi connectivity index (χ4v) is 14.0. The molecular formula is C72H72N6O6. The highest BCUT2D eigenvalue weighted by atomic mass is 16.5. The molecule has 0 spiro atoms. The van der Waals surface area contributed by atoms with E-state index in [1.807, 2.05) is 155 Å². The number of ether oxygens (including phenoxy) is 2. The number of carbonyl (C=O) groups is 4. The molecule has 0 saturated carbocycles. The number of nitrogens with one attached hydrogen (secondary N) is 2. The molecule has 12 heteroatoms. The van der Waals surface area contributed by atoms with Crippen LogP contribution in [0.3, 0.4) is 0 Å². The first kappa shape index (κ1) is 54.6. The molecule has 84 heavy (non-hydrogen) atoms. The number of nitrogens with zero attached hydrogens (tertiary/aromatic N) is 4. The molecule has 0 bridgehead atoms. The number of rotatable bonds is 12. The molecule has 5 aromatic carbocycles. The van der Waals surface area contributed by atoms with Crippen molar-refractivity contribution >= 4 is 23.1 Å². The number of benzene rings is 5. The van der Waals surface area contributed by atoms with Crippen molar-refractivity contribution in [1.82, 2.24) is 30.2 Å². The number of Topliss-reactive ketones (excluding diaryl/α,β-unsaturated/α-hetero) is 4. The maximum Gasteiger partial charge on any atom is 0.162 e. The molecule has 0 amide bonds.